The SMILES string of the molecule is CN(C)C(=O)c1ccc(N(C)S(=O)(=O)c2ccccc2)cc1Cl. The average molecular weight is 353 g/mol. The van der Waals surface area contributed by atoms with Crippen LogP contribution in [0.2, 0.25) is 5.02 Å². The van der Waals surface area contributed by atoms with Gasteiger partial charge in [0.15, 0.2) is 0 Å². The molecule has 0 atom stereocenters. The summed E-state index contributed by atoms with van der Waals surface area (Å²) in [4.78, 5) is 13.6. The zero-order chi connectivity index (χ0) is 17.2. The largest absolute Gasteiger partial charge is 0.345 e. The molecule has 1 amide bonds. The lowest BCUT2D eigenvalue weighted by molar-refractivity contribution is 0.0828. The number of nitrogens with zero attached hydrogens (tertiary/aromatic N) is 2. The lowest BCUT2D eigenvalue weighted by atomic mass is 10.2. The first-order chi connectivity index (χ1) is 10.7. The molecule has 0 unspecified atom stereocenters. The number of halogens is 1. The highest BCUT2D eigenvalue weighted by atomic mass is 35.5. The molecule has 0 aromatic heterocycles. The van der Waals surface area contributed by atoms with Crippen LogP contribution in [-0.2, 0) is 10.0 Å². The molecular weight excluding hydrogens is 336 g/mol. The van der Waals surface area contributed by atoms with Crippen molar-refractivity contribution >= 4 is 33.2 Å². The molecule has 0 aliphatic carbocycles. The molecule has 0 heterocycles. The van der Waals surface area contributed by atoms with Gasteiger partial charge in [-0.25, -0.2) is 8.42 Å². The Morgan fingerprint density at radius 1 is 1.00 bits per heavy atom. The van der Waals surface area contributed by atoms with Crippen LogP contribution < -0.4 is 4.31 Å². The second kappa shape index (κ2) is 6.60. The van der Waals surface area contributed by atoms with Crippen LogP contribution in [0.5, 0.6) is 0 Å². The van der Waals surface area contributed by atoms with E-state index >= 15 is 0 Å². The van der Waals surface area contributed by atoms with Gasteiger partial charge in [0.25, 0.3) is 15.9 Å². The van der Waals surface area contributed by atoms with Crippen molar-refractivity contribution < 1.29 is 13.2 Å². The summed E-state index contributed by atoms with van der Waals surface area (Å²) in [5.41, 5.74) is 0.708. The van der Waals surface area contributed by atoms with Crippen LogP contribution in [0, 0.1) is 0 Å². The van der Waals surface area contributed by atoms with E-state index in [0.717, 1.165) is 4.31 Å². The van der Waals surface area contributed by atoms with Gasteiger partial charge in [-0.15, -0.1) is 0 Å². The Kier molecular flexibility index (Phi) is 4.97. The maximum Gasteiger partial charge on any atom is 0.264 e. The predicted molar refractivity (Wildman–Crippen MR) is 91.5 cm³/mol. The fourth-order valence-electron chi connectivity index (χ4n) is 2.00. The molecule has 23 heavy (non-hydrogen) atoms. The zero-order valence-corrected chi connectivity index (χ0v) is 14.6. The van der Waals surface area contributed by atoms with Crippen molar-refractivity contribution in [3.63, 3.8) is 0 Å². The number of benzene rings is 2. The molecule has 0 fully saturated rings. The van der Waals surface area contributed by atoms with E-state index in [1.165, 1.54) is 36.2 Å². The van der Waals surface area contributed by atoms with Crippen LogP contribution in [0.25, 0.3) is 0 Å². The molecule has 0 bridgehead atoms. The number of hydrogen-bond acceptors (Lipinski definition) is 3. The third kappa shape index (κ3) is 3.48. The molecule has 0 spiro atoms. The van der Waals surface area contributed by atoms with Gasteiger partial charge in [-0.2, -0.15) is 0 Å². The van der Waals surface area contributed by atoms with E-state index in [0.29, 0.717) is 11.3 Å². The molecule has 122 valence electrons. The molecule has 0 N–H and O–H groups in total. The molecule has 0 aliphatic rings. The number of rotatable bonds is 4. The normalized spacial score (nSPS) is 11.1. The molecular formula is C16H17ClN2O3S. The second-order valence-electron chi connectivity index (χ2n) is 5.15. The summed E-state index contributed by atoms with van der Waals surface area (Å²) in [5.74, 6) is -0.241. The summed E-state index contributed by atoms with van der Waals surface area (Å²) in [7, 11) is 1.01. The van der Waals surface area contributed by atoms with E-state index < -0.39 is 10.0 Å². The van der Waals surface area contributed by atoms with Crippen LogP contribution in [0.15, 0.2) is 53.4 Å². The van der Waals surface area contributed by atoms with E-state index in [9.17, 15) is 13.2 Å². The number of amides is 1. The Morgan fingerprint density at radius 2 is 1.61 bits per heavy atom. The van der Waals surface area contributed by atoms with Gasteiger partial charge in [-0.05, 0) is 30.3 Å². The molecule has 0 saturated carbocycles. The van der Waals surface area contributed by atoms with Gasteiger partial charge in [0.05, 0.1) is 21.2 Å². The van der Waals surface area contributed by atoms with E-state index in [1.54, 1.807) is 38.4 Å². The highest BCUT2D eigenvalue weighted by Gasteiger charge is 2.22. The standard InChI is InChI=1S/C16H17ClN2O3S/c1-18(2)16(20)14-10-9-12(11-15(14)17)19(3)23(21,22)13-7-5-4-6-8-13/h4-11H,1-3H3. The molecule has 2 aromatic rings. The van der Waals surface area contributed by atoms with Gasteiger partial charge in [0, 0.05) is 21.1 Å². The van der Waals surface area contributed by atoms with Crippen LogP contribution >= 0.6 is 11.6 Å². The highest BCUT2D eigenvalue weighted by Crippen LogP contribution is 2.27. The Hall–Kier alpha value is -2.05. The number of carbonyl (C=O) groups is 1. The van der Waals surface area contributed by atoms with Crippen molar-refractivity contribution in [2.24, 2.45) is 0 Å². The lowest BCUT2D eigenvalue weighted by Crippen LogP contribution is -2.27. The summed E-state index contributed by atoms with van der Waals surface area (Å²) in [6.07, 6.45) is 0. The van der Waals surface area contributed by atoms with Crippen molar-refractivity contribution in [1.82, 2.24) is 4.90 Å². The van der Waals surface area contributed by atoms with Crippen molar-refractivity contribution in [1.29, 1.82) is 0 Å². The first-order valence-electron chi connectivity index (χ1n) is 6.80. The smallest absolute Gasteiger partial charge is 0.264 e. The van der Waals surface area contributed by atoms with E-state index in [1.807, 2.05) is 0 Å². The van der Waals surface area contributed by atoms with Gasteiger partial charge in [0.1, 0.15) is 0 Å². The first-order valence-corrected chi connectivity index (χ1v) is 8.62. The van der Waals surface area contributed by atoms with Crippen molar-refractivity contribution in [2.45, 2.75) is 4.90 Å². The summed E-state index contributed by atoms with van der Waals surface area (Å²) in [5, 5.41) is 0.205. The van der Waals surface area contributed by atoms with Crippen LogP contribution in [0.1, 0.15) is 10.4 Å². The minimum atomic E-state index is -3.68. The van der Waals surface area contributed by atoms with E-state index in [2.05, 4.69) is 0 Å². The zero-order valence-electron chi connectivity index (χ0n) is 13.0. The Balaban J connectivity index is 2.39. The lowest BCUT2D eigenvalue weighted by Gasteiger charge is -2.20. The van der Waals surface area contributed by atoms with Crippen LogP contribution in [0.4, 0.5) is 5.69 Å². The van der Waals surface area contributed by atoms with Crippen LogP contribution in [-0.4, -0.2) is 40.4 Å². The minimum absolute atomic E-state index is 0.187. The second-order valence-corrected chi connectivity index (χ2v) is 7.53. The van der Waals surface area contributed by atoms with E-state index in [4.69, 9.17) is 11.6 Å². The third-order valence-electron chi connectivity index (χ3n) is 3.35. The Morgan fingerprint density at radius 3 is 2.13 bits per heavy atom. The Bertz CT molecular complexity index is 820. The molecule has 7 heteroatoms. The number of carbonyl (C=O) groups excluding carboxylic acids is 1. The summed E-state index contributed by atoms with van der Waals surface area (Å²) in [6, 6.07) is 12.7. The topological polar surface area (TPSA) is 57.7 Å². The molecule has 0 aliphatic heterocycles. The third-order valence-corrected chi connectivity index (χ3v) is 5.47. The van der Waals surface area contributed by atoms with Gasteiger partial charge in [-0.3, -0.25) is 9.10 Å². The number of sulfonamides is 1. The predicted octanol–water partition coefficient (Wildman–Crippen LogP) is 2.87. The monoisotopic (exact) mass is 352 g/mol. The first kappa shape index (κ1) is 17.3. The number of anilines is 1. The minimum Gasteiger partial charge on any atom is -0.345 e. The highest BCUT2D eigenvalue weighted by molar-refractivity contribution is 7.92. The summed E-state index contributed by atoms with van der Waals surface area (Å²) < 4.78 is 26.3. The van der Waals surface area contributed by atoms with Gasteiger partial charge >= 0.3 is 0 Å². The molecule has 0 saturated heterocycles. The summed E-state index contributed by atoms with van der Waals surface area (Å²) in [6.45, 7) is 0. The van der Waals surface area contributed by atoms with Gasteiger partial charge in [-0.1, -0.05) is 29.8 Å². The van der Waals surface area contributed by atoms with E-state index in [-0.39, 0.29) is 15.8 Å². The van der Waals surface area contributed by atoms with Crippen LogP contribution in [0.3, 0.4) is 0 Å². The van der Waals surface area contributed by atoms with Crippen molar-refractivity contribution in [3.05, 3.63) is 59.1 Å². The maximum absolute atomic E-state index is 12.6. The number of hydrogen-bond donors (Lipinski definition) is 0. The fraction of sp³-hybridized carbons (Fsp3) is 0.188. The molecule has 5 nitrogen and oxygen atoms in total. The molecule has 2 aromatic carbocycles. The fourth-order valence-corrected chi connectivity index (χ4v) is 3.47. The van der Waals surface area contributed by atoms with Crippen molar-refractivity contribution in [2.75, 3.05) is 25.4 Å². The molecule has 2 rings (SSSR count). The van der Waals surface area contributed by atoms with Crippen molar-refractivity contribution in [3.8, 4) is 0 Å². The average Bonchev–Trinajstić information content (AvgIpc) is 2.54. The summed E-state index contributed by atoms with van der Waals surface area (Å²) >= 11 is 6.14. The quantitative estimate of drug-likeness (QED) is 0.850. The molecule has 0 radical (unpaired) electrons. The van der Waals surface area contributed by atoms with Gasteiger partial charge < -0.3 is 4.90 Å². The van der Waals surface area contributed by atoms with Gasteiger partial charge in [0.2, 0.25) is 0 Å². The Labute approximate surface area is 141 Å². The maximum atomic E-state index is 12.6.